The molecule has 5 rings (SSSR count). The fourth-order valence-electron chi connectivity index (χ4n) is 3.74. The van der Waals surface area contributed by atoms with Gasteiger partial charge in [0.1, 0.15) is 0 Å². The third-order valence-electron chi connectivity index (χ3n) is 5.26. The van der Waals surface area contributed by atoms with Gasteiger partial charge in [0.2, 0.25) is 0 Å². The SMILES string of the molecule is c1ccc(CCn2c(-c3ccccc3)nnc2-c2ccc3ccccc3c2)cc1. The van der Waals surface area contributed by atoms with Gasteiger partial charge in [-0.3, -0.25) is 0 Å². The minimum Gasteiger partial charge on any atom is -0.307 e. The maximum Gasteiger partial charge on any atom is 0.164 e. The van der Waals surface area contributed by atoms with E-state index in [1.54, 1.807) is 0 Å². The van der Waals surface area contributed by atoms with Crippen LogP contribution in [0, 0.1) is 0 Å². The summed E-state index contributed by atoms with van der Waals surface area (Å²) in [6, 6.07) is 35.8. The third kappa shape index (κ3) is 3.55. The van der Waals surface area contributed by atoms with E-state index in [9.17, 15) is 0 Å². The average molecular weight is 375 g/mol. The van der Waals surface area contributed by atoms with Crippen LogP contribution in [0.1, 0.15) is 5.56 Å². The van der Waals surface area contributed by atoms with Crippen LogP contribution in [0.2, 0.25) is 0 Å². The second-order valence-corrected chi connectivity index (χ2v) is 7.16. The molecule has 3 heteroatoms. The first-order valence-corrected chi connectivity index (χ1v) is 9.90. The van der Waals surface area contributed by atoms with Crippen LogP contribution < -0.4 is 0 Å². The number of benzene rings is 4. The van der Waals surface area contributed by atoms with Gasteiger partial charge in [0.15, 0.2) is 11.6 Å². The topological polar surface area (TPSA) is 30.7 Å². The number of aryl methyl sites for hydroxylation is 1. The predicted octanol–water partition coefficient (Wildman–Crippen LogP) is 6.01. The van der Waals surface area contributed by atoms with Crippen LogP contribution in [0.25, 0.3) is 33.5 Å². The van der Waals surface area contributed by atoms with Crippen molar-refractivity contribution in [2.24, 2.45) is 0 Å². The van der Waals surface area contributed by atoms with Gasteiger partial charge in [-0.1, -0.05) is 97.1 Å². The summed E-state index contributed by atoms with van der Waals surface area (Å²) < 4.78 is 2.24. The molecule has 3 nitrogen and oxygen atoms in total. The summed E-state index contributed by atoms with van der Waals surface area (Å²) in [4.78, 5) is 0. The highest BCUT2D eigenvalue weighted by Crippen LogP contribution is 2.27. The van der Waals surface area contributed by atoms with E-state index >= 15 is 0 Å². The number of nitrogens with zero attached hydrogens (tertiary/aromatic N) is 3. The minimum absolute atomic E-state index is 0.823. The Kier molecular flexibility index (Phi) is 4.63. The molecule has 0 radical (unpaired) electrons. The molecule has 0 saturated carbocycles. The Balaban J connectivity index is 1.59. The first-order chi connectivity index (χ1) is 14.4. The first-order valence-electron chi connectivity index (χ1n) is 9.90. The van der Waals surface area contributed by atoms with Gasteiger partial charge in [-0.25, -0.2) is 0 Å². The molecule has 0 atom stereocenters. The van der Waals surface area contributed by atoms with Crippen molar-refractivity contribution in [2.45, 2.75) is 13.0 Å². The van der Waals surface area contributed by atoms with E-state index in [-0.39, 0.29) is 0 Å². The number of fused-ring (bicyclic) bond motifs is 1. The van der Waals surface area contributed by atoms with Crippen LogP contribution in [0.4, 0.5) is 0 Å². The second kappa shape index (κ2) is 7.72. The molecule has 0 bridgehead atoms. The van der Waals surface area contributed by atoms with Gasteiger partial charge in [-0.15, -0.1) is 10.2 Å². The highest BCUT2D eigenvalue weighted by atomic mass is 15.3. The van der Waals surface area contributed by atoms with Crippen molar-refractivity contribution in [1.29, 1.82) is 0 Å². The van der Waals surface area contributed by atoms with E-state index in [0.717, 1.165) is 35.7 Å². The Morgan fingerprint density at radius 1 is 0.552 bits per heavy atom. The Hall–Kier alpha value is -3.72. The quantitative estimate of drug-likeness (QED) is 0.377. The Bertz CT molecular complexity index is 1240. The van der Waals surface area contributed by atoms with Crippen molar-refractivity contribution in [3.63, 3.8) is 0 Å². The first kappa shape index (κ1) is 17.4. The molecular formula is C26H21N3. The van der Waals surface area contributed by atoms with Gasteiger partial charge < -0.3 is 4.57 Å². The maximum atomic E-state index is 4.59. The van der Waals surface area contributed by atoms with E-state index < -0.39 is 0 Å². The van der Waals surface area contributed by atoms with Crippen LogP contribution >= 0.6 is 0 Å². The predicted molar refractivity (Wildman–Crippen MR) is 119 cm³/mol. The molecule has 4 aromatic carbocycles. The van der Waals surface area contributed by atoms with Crippen LogP contribution in [-0.4, -0.2) is 14.8 Å². The van der Waals surface area contributed by atoms with Gasteiger partial charge in [0.05, 0.1) is 0 Å². The van der Waals surface area contributed by atoms with Gasteiger partial charge in [-0.2, -0.15) is 0 Å². The van der Waals surface area contributed by atoms with Gasteiger partial charge >= 0.3 is 0 Å². The fourth-order valence-corrected chi connectivity index (χ4v) is 3.74. The molecule has 0 amide bonds. The van der Waals surface area contributed by atoms with Crippen molar-refractivity contribution >= 4 is 10.8 Å². The molecule has 0 unspecified atom stereocenters. The summed E-state index contributed by atoms with van der Waals surface area (Å²) in [7, 11) is 0. The second-order valence-electron chi connectivity index (χ2n) is 7.16. The van der Waals surface area contributed by atoms with E-state index in [2.05, 4.69) is 99.7 Å². The summed E-state index contributed by atoms with van der Waals surface area (Å²) in [5, 5.41) is 11.6. The molecule has 140 valence electrons. The average Bonchev–Trinajstić information content (AvgIpc) is 3.22. The van der Waals surface area contributed by atoms with E-state index in [4.69, 9.17) is 0 Å². The Labute approximate surface area is 170 Å². The lowest BCUT2D eigenvalue weighted by molar-refractivity contribution is 0.707. The van der Waals surface area contributed by atoms with E-state index in [1.165, 1.54) is 16.3 Å². The van der Waals surface area contributed by atoms with Gasteiger partial charge in [-0.05, 0) is 28.8 Å². The lowest BCUT2D eigenvalue weighted by Crippen LogP contribution is -2.06. The molecule has 29 heavy (non-hydrogen) atoms. The molecule has 1 aromatic heterocycles. The van der Waals surface area contributed by atoms with Crippen molar-refractivity contribution in [3.8, 4) is 22.8 Å². The largest absolute Gasteiger partial charge is 0.307 e. The lowest BCUT2D eigenvalue weighted by Gasteiger charge is -2.11. The number of rotatable bonds is 5. The van der Waals surface area contributed by atoms with E-state index in [0.29, 0.717) is 0 Å². The van der Waals surface area contributed by atoms with Crippen LogP contribution in [0.5, 0.6) is 0 Å². The molecular weight excluding hydrogens is 354 g/mol. The lowest BCUT2D eigenvalue weighted by atomic mass is 10.1. The third-order valence-corrected chi connectivity index (χ3v) is 5.26. The zero-order valence-electron chi connectivity index (χ0n) is 16.1. The van der Waals surface area contributed by atoms with Crippen molar-refractivity contribution < 1.29 is 0 Å². The number of hydrogen-bond acceptors (Lipinski definition) is 2. The van der Waals surface area contributed by atoms with Crippen molar-refractivity contribution in [1.82, 2.24) is 14.8 Å². The normalized spacial score (nSPS) is 11.0. The summed E-state index contributed by atoms with van der Waals surface area (Å²) in [5.74, 6) is 1.82. The summed E-state index contributed by atoms with van der Waals surface area (Å²) in [6.45, 7) is 0.823. The molecule has 0 fully saturated rings. The molecule has 1 heterocycles. The highest BCUT2D eigenvalue weighted by molar-refractivity contribution is 5.86. The summed E-state index contributed by atoms with van der Waals surface area (Å²) >= 11 is 0. The maximum absolute atomic E-state index is 4.59. The molecule has 0 saturated heterocycles. The zero-order valence-corrected chi connectivity index (χ0v) is 16.1. The Morgan fingerprint density at radius 3 is 1.93 bits per heavy atom. The van der Waals surface area contributed by atoms with Crippen LogP contribution in [0.3, 0.4) is 0 Å². The molecule has 0 aliphatic carbocycles. The highest BCUT2D eigenvalue weighted by Gasteiger charge is 2.15. The molecule has 0 aliphatic heterocycles. The van der Waals surface area contributed by atoms with Crippen LogP contribution in [-0.2, 0) is 13.0 Å². The molecule has 0 aliphatic rings. The smallest absolute Gasteiger partial charge is 0.164 e. The fraction of sp³-hybridized carbons (Fsp3) is 0.0769. The molecule has 5 aromatic rings. The Morgan fingerprint density at radius 2 is 1.17 bits per heavy atom. The summed E-state index contributed by atoms with van der Waals surface area (Å²) in [6.07, 6.45) is 0.930. The van der Waals surface area contributed by atoms with E-state index in [1.807, 2.05) is 18.2 Å². The summed E-state index contributed by atoms with van der Waals surface area (Å²) in [5.41, 5.74) is 3.48. The molecule has 0 spiro atoms. The van der Waals surface area contributed by atoms with Crippen LogP contribution in [0.15, 0.2) is 103 Å². The van der Waals surface area contributed by atoms with Crippen molar-refractivity contribution in [2.75, 3.05) is 0 Å². The number of hydrogen-bond donors (Lipinski definition) is 0. The van der Waals surface area contributed by atoms with Gasteiger partial charge in [0, 0.05) is 17.7 Å². The molecule has 0 N–H and O–H groups in total. The standard InChI is InChI=1S/C26H21N3/c1-3-9-20(10-4-1)17-18-29-25(22-12-5-2-6-13-22)27-28-26(29)24-16-15-21-11-7-8-14-23(21)19-24/h1-16,19H,17-18H2. The minimum atomic E-state index is 0.823. The van der Waals surface area contributed by atoms with Gasteiger partial charge in [0.25, 0.3) is 0 Å². The van der Waals surface area contributed by atoms with Crippen molar-refractivity contribution in [3.05, 3.63) is 109 Å². The monoisotopic (exact) mass is 375 g/mol. The zero-order chi connectivity index (χ0) is 19.5. The number of aromatic nitrogens is 3.